The summed E-state index contributed by atoms with van der Waals surface area (Å²) >= 11 is 0. The molecule has 130 valence electrons. The number of hydrogen-bond donors (Lipinski definition) is 0. The lowest BCUT2D eigenvalue weighted by molar-refractivity contribution is 0.131. The molecule has 2 atom stereocenters. The Balaban J connectivity index is 2.30. The van der Waals surface area contributed by atoms with Crippen LogP contribution in [0.5, 0.6) is 11.5 Å². The molecule has 0 aliphatic rings. The molecule has 0 spiro atoms. The smallest absolute Gasteiger partial charge is 0.120 e. The SMILES string of the molecule is CCC(C)C(c1ccc(OC)cc1)c1ccc(OC(C)(C)C)cc1. The summed E-state index contributed by atoms with van der Waals surface area (Å²) < 4.78 is 11.2. The first-order chi connectivity index (χ1) is 11.3. The molecule has 2 nitrogen and oxygen atoms in total. The molecule has 0 amide bonds. The predicted octanol–water partition coefficient (Wildman–Crippen LogP) is 6.05. The molecule has 2 rings (SSSR count). The van der Waals surface area contributed by atoms with Crippen LogP contribution in [0.15, 0.2) is 48.5 Å². The Morgan fingerprint density at radius 3 is 1.67 bits per heavy atom. The molecule has 0 aromatic heterocycles. The minimum Gasteiger partial charge on any atom is -0.497 e. The minimum absolute atomic E-state index is 0.173. The van der Waals surface area contributed by atoms with Crippen molar-refractivity contribution in [1.29, 1.82) is 0 Å². The molecular weight excluding hydrogens is 296 g/mol. The van der Waals surface area contributed by atoms with Gasteiger partial charge in [-0.3, -0.25) is 0 Å². The van der Waals surface area contributed by atoms with E-state index in [-0.39, 0.29) is 5.60 Å². The molecule has 0 bridgehead atoms. The van der Waals surface area contributed by atoms with Gasteiger partial charge in [0.05, 0.1) is 7.11 Å². The van der Waals surface area contributed by atoms with Gasteiger partial charge in [0.1, 0.15) is 17.1 Å². The summed E-state index contributed by atoms with van der Waals surface area (Å²) in [5, 5.41) is 0. The van der Waals surface area contributed by atoms with E-state index in [9.17, 15) is 0 Å². The zero-order chi connectivity index (χ0) is 17.7. The van der Waals surface area contributed by atoms with E-state index < -0.39 is 0 Å². The van der Waals surface area contributed by atoms with Crippen molar-refractivity contribution in [3.8, 4) is 11.5 Å². The van der Waals surface area contributed by atoms with Crippen LogP contribution in [0, 0.1) is 5.92 Å². The maximum atomic E-state index is 5.94. The number of rotatable bonds is 6. The van der Waals surface area contributed by atoms with E-state index in [0.717, 1.165) is 17.9 Å². The summed E-state index contributed by atoms with van der Waals surface area (Å²) in [6.45, 7) is 10.8. The van der Waals surface area contributed by atoms with Crippen LogP contribution in [0.2, 0.25) is 0 Å². The lowest BCUT2D eigenvalue weighted by atomic mass is 9.80. The Hall–Kier alpha value is -1.96. The molecule has 2 unspecified atom stereocenters. The van der Waals surface area contributed by atoms with E-state index in [4.69, 9.17) is 9.47 Å². The van der Waals surface area contributed by atoms with Gasteiger partial charge < -0.3 is 9.47 Å². The van der Waals surface area contributed by atoms with Crippen LogP contribution >= 0.6 is 0 Å². The second kappa shape index (κ2) is 7.74. The zero-order valence-electron chi connectivity index (χ0n) is 15.8. The van der Waals surface area contributed by atoms with E-state index >= 15 is 0 Å². The fourth-order valence-corrected chi connectivity index (χ4v) is 2.99. The largest absolute Gasteiger partial charge is 0.497 e. The van der Waals surface area contributed by atoms with Crippen LogP contribution in [0.25, 0.3) is 0 Å². The topological polar surface area (TPSA) is 18.5 Å². The Kier molecular flexibility index (Phi) is 5.93. The minimum atomic E-state index is -0.173. The van der Waals surface area contributed by atoms with Crippen LogP contribution in [-0.4, -0.2) is 12.7 Å². The van der Waals surface area contributed by atoms with Crippen molar-refractivity contribution >= 4 is 0 Å². The van der Waals surface area contributed by atoms with E-state index in [1.165, 1.54) is 11.1 Å². The molecule has 2 aromatic carbocycles. The Bertz CT molecular complexity index is 621. The molecule has 0 saturated carbocycles. The summed E-state index contributed by atoms with van der Waals surface area (Å²) in [5.41, 5.74) is 2.48. The maximum absolute atomic E-state index is 5.94. The van der Waals surface area contributed by atoms with Gasteiger partial charge in [0.25, 0.3) is 0 Å². The normalized spacial score (nSPS) is 14.1. The average molecular weight is 326 g/mol. The van der Waals surface area contributed by atoms with Gasteiger partial charge in [0.15, 0.2) is 0 Å². The highest BCUT2D eigenvalue weighted by molar-refractivity contribution is 5.39. The van der Waals surface area contributed by atoms with Crippen molar-refractivity contribution in [2.24, 2.45) is 5.92 Å². The second-order valence-corrected chi connectivity index (χ2v) is 7.42. The molecule has 0 aliphatic heterocycles. The standard InChI is InChI=1S/C22H30O2/c1-7-16(2)21(17-8-12-19(23-6)13-9-17)18-10-14-20(15-11-18)24-22(3,4)5/h8-16,21H,7H2,1-6H3. The quantitative estimate of drug-likeness (QED) is 0.643. The summed E-state index contributed by atoms with van der Waals surface area (Å²) in [5.74, 6) is 2.76. The highest BCUT2D eigenvalue weighted by Crippen LogP contribution is 2.35. The number of benzene rings is 2. The van der Waals surface area contributed by atoms with Gasteiger partial charge in [-0.25, -0.2) is 0 Å². The highest BCUT2D eigenvalue weighted by Gasteiger charge is 2.21. The number of hydrogen-bond acceptors (Lipinski definition) is 2. The highest BCUT2D eigenvalue weighted by atomic mass is 16.5. The third kappa shape index (κ3) is 4.77. The molecule has 0 aliphatic carbocycles. The third-order valence-corrected chi connectivity index (χ3v) is 4.35. The Labute approximate surface area is 146 Å². The van der Waals surface area contributed by atoms with E-state index in [1.807, 2.05) is 12.1 Å². The van der Waals surface area contributed by atoms with Crippen LogP contribution in [0.3, 0.4) is 0 Å². The molecule has 2 aromatic rings. The van der Waals surface area contributed by atoms with Crippen molar-refractivity contribution in [2.45, 2.75) is 52.6 Å². The van der Waals surface area contributed by atoms with E-state index in [2.05, 4.69) is 71.0 Å². The van der Waals surface area contributed by atoms with Gasteiger partial charge in [0.2, 0.25) is 0 Å². The number of ether oxygens (including phenoxy) is 2. The fraction of sp³-hybridized carbons (Fsp3) is 0.455. The van der Waals surface area contributed by atoms with Crippen LogP contribution < -0.4 is 9.47 Å². The zero-order valence-corrected chi connectivity index (χ0v) is 15.8. The molecule has 0 saturated heterocycles. The molecule has 0 heterocycles. The summed E-state index contributed by atoms with van der Waals surface area (Å²) in [6.07, 6.45) is 1.14. The first-order valence-electron chi connectivity index (χ1n) is 8.77. The second-order valence-electron chi connectivity index (χ2n) is 7.42. The van der Waals surface area contributed by atoms with Crippen molar-refractivity contribution in [3.63, 3.8) is 0 Å². The third-order valence-electron chi connectivity index (χ3n) is 4.35. The lowest BCUT2D eigenvalue weighted by Gasteiger charge is -2.25. The van der Waals surface area contributed by atoms with Crippen molar-refractivity contribution in [1.82, 2.24) is 0 Å². The molecular formula is C22H30O2. The van der Waals surface area contributed by atoms with Gasteiger partial charge in [-0.2, -0.15) is 0 Å². The summed E-state index contributed by atoms with van der Waals surface area (Å²) in [6, 6.07) is 17.0. The van der Waals surface area contributed by atoms with Gasteiger partial charge in [-0.15, -0.1) is 0 Å². The van der Waals surface area contributed by atoms with Gasteiger partial charge in [-0.1, -0.05) is 44.5 Å². The van der Waals surface area contributed by atoms with Crippen LogP contribution in [0.4, 0.5) is 0 Å². The van der Waals surface area contributed by atoms with E-state index in [0.29, 0.717) is 11.8 Å². The predicted molar refractivity (Wildman–Crippen MR) is 101 cm³/mol. The van der Waals surface area contributed by atoms with Crippen molar-refractivity contribution in [2.75, 3.05) is 7.11 Å². The van der Waals surface area contributed by atoms with Gasteiger partial charge >= 0.3 is 0 Å². The van der Waals surface area contributed by atoms with Crippen LogP contribution in [0.1, 0.15) is 58.1 Å². The van der Waals surface area contributed by atoms with E-state index in [1.54, 1.807) is 7.11 Å². The van der Waals surface area contributed by atoms with Crippen LogP contribution in [-0.2, 0) is 0 Å². The summed E-state index contributed by atoms with van der Waals surface area (Å²) in [4.78, 5) is 0. The molecule has 24 heavy (non-hydrogen) atoms. The van der Waals surface area contributed by atoms with Gasteiger partial charge in [0, 0.05) is 5.92 Å². The maximum Gasteiger partial charge on any atom is 0.120 e. The molecule has 0 radical (unpaired) electrons. The Morgan fingerprint density at radius 1 is 0.833 bits per heavy atom. The summed E-state index contributed by atoms with van der Waals surface area (Å²) in [7, 11) is 1.70. The Morgan fingerprint density at radius 2 is 1.29 bits per heavy atom. The lowest BCUT2D eigenvalue weighted by Crippen LogP contribution is -2.22. The molecule has 0 fully saturated rings. The first-order valence-corrected chi connectivity index (χ1v) is 8.77. The molecule has 0 N–H and O–H groups in total. The first kappa shape index (κ1) is 18.4. The molecule has 2 heteroatoms. The monoisotopic (exact) mass is 326 g/mol. The fourth-order valence-electron chi connectivity index (χ4n) is 2.99. The van der Waals surface area contributed by atoms with Crippen molar-refractivity contribution < 1.29 is 9.47 Å². The number of methoxy groups -OCH3 is 1. The average Bonchev–Trinajstić information content (AvgIpc) is 2.55. The van der Waals surface area contributed by atoms with Gasteiger partial charge in [-0.05, 0) is 62.1 Å². The van der Waals surface area contributed by atoms with Crippen molar-refractivity contribution in [3.05, 3.63) is 59.7 Å².